The summed E-state index contributed by atoms with van der Waals surface area (Å²) in [6.07, 6.45) is 1.42. The normalized spacial score (nSPS) is 10.5. The van der Waals surface area contributed by atoms with Gasteiger partial charge in [-0.25, -0.2) is 9.07 Å². The van der Waals surface area contributed by atoms with Crippen LogP contribution in [0.25, 0.3) is 5.69 Å². The van der Waals surface area contributed by atoms with Crippen LogP contribution in [0.1, 0.15) is 17.4 Å². The molecule has 2 rings (SSSR count). The number of Topliss-reactive ketones (excluding diaryl/α,β-unsaturated/α-hetero) is 1. The van der Waals surface area contributed by atoms with Gasteiger partial charge in [0.05, 0.1) is 5.69 Å². The van der Waals surface area contributed by atoms with Crippen LogP contribution in [0.5, 0.6) is 5.75 Å². The summed E-state index contributed by atoms with van der Waals surface area (Å²) in [7, 11) is 0. The van der Waals surface area contributed by atoms with E-state index in [9.17, 15) is 13.6 Å². The van der Waals surface area contributed by atoms with E-state index in [1.165, 1.54) is 23.9 Å². The van der Waals surface area contributed by atoms with Crippen LogP contribution in [-0.4, -0.2) is 20.7 Å². The molecule has 0 aliphatic heterocycles. The van der Waals surface area contributed by atoms with E-state index in [0.29, 0.717) is 0 Å². The summed E-state index contributed by atoms with van der Waals surface area (Å²) in [6.45, 7) is 1.34. The zero-order valence-electron chi connectivity index (χ0n) is 8.82. The van der Waals surface area contributed by atoms with E-state index in [4.69, 9.17) is 5.11 Å². The Morgan fingerprint density at radius 2 is 2.12 bits per heavy atom. The van der Waals surface area contributed by atoms with Crippen LogP contribution < -0.4 is 0 Å². The Morgan fingerprint density at radius 3 is 2.65 bits per heavy atom. The van der Waals surface area contributed by atoms with Crippen LogP contribution >= 0.6 is 0 Å². The summed E-state index contributed by atoms with van der Waals surface area (Å²) >= 11 is 0. The van der Waals surface area contributed by atoms with E-state index in [1.54, 1.807) is 0 Å². The van der Waals surface area contributed by atoms with E-state index >= 15 is 0 Å². The Balaban J connectivity index is 2.49. The van der Waals surface area contributed by atoms with Crippen LogP contribution in [0, 0.1) is 11.6 Å². The van der Waals surface area contributed by atoms with Crippen LogP contribution in [0.4, 0.5) is 8.78 Å². The minimum absolute atomic E-state index is 0.133. The first-order chi connectivity index (χ1) is 7.99. The van der Waals surface area contributed by atoms with Gasteiger partial charge in [0.25, 0.3) is 0 Å². The number of carbonyl (C=O) groups is 1. The number of nitrogens with zero attached hydrogens (tertiary/aromatic N) is 2. The van der Waals surface area contributed by atoms with Crippen molar-refractivity contribution in [2.75, 3.05) is 0 Å². The fourth-order valence-electron chi connectivity index (χ4n) is 1.35. The van der Waals surface area contributed by atoms with Gasteiger partial charge in [-0.3, -0.25) is 4.79 Å². The first kappa shape index (κ1) is 11.3. The molecule has 0 saturated carbocycles. The molecule has 0 aliphatic rings. The number of hydrogen-bond acceptors (Lipinski definition) is 3. The predicted octanol–water partition coefficient (Wildman–Crippen LogP) is 2.06. The van der Waals surface area contributed by atoms with Gasteiger partial charge in [0, 0.05) is 25.3 Å². The molecule has 0 saturated heterocycles. The number of hydrogen-bond donors (Lipinski definition) is 1. The lowest BCUT2D eigenvalue weighted by Gasteiger charge is -2.03. The third-order valence-electron chi connectivity index (χ3n) is 2.21. The topological polar surface area (TPSA) is 55.1 Å². The molecule has 0 atom stereocenters. The van der Waals surface area contributed by atoms with Crippen LogP contribution in [0.2, 0.25) is 0 Å². The number of halogens is 2. The second kappa shape index (κ2) is 3.97. The molecule has 2 aromatic rings. The van der Waals surface area contributed by atoms with Crippen molar-refractivity contribution >= 4 is 5.78 Å². The van der Waals surface area contributed by atoms with Crippen LogP contribution in [0.15, 0.2) is 24.4 Å². The summed E-state index contributed by atoms with van der Waals surface area (Å²) in [5.74, 6) is -3.54. The number of aromatic hydroxyl groups is 1. The molecule has 0 aliphatic carbocycles. The monoisotopic (exact) mass is 238 g/mol. The Morgan fingerprint density at radius 1 is 1.41 bits per heavy atom. The fourth-order valence-corrected chi connectivity index (χ4v) is 1.35. The molecule has 0 amide bonds. The maximum atomic E-state index is 13.0. The van der Waals surface area contributed by atoms with E-state index in [0.717, 1.165) is 12.1 Å². The quantitative estimate of drug-likeness (QED) is 0.815. The van der Waals surface area contributed by atoms with Gasteiger partial charge in [-0.1, -0.05) is 0 Å². The highest BCUT2D eigenvalue weighted by Gasteiger charge is 2.12. The SMILES string of the molecule is CC(=O)c1ccn(-c2cc(O)c(F)c(F)c2)n1. The lowest BCUT2D eigenvalue weighted by Crippen LogP contribution is -2.00. The summed E-state index contributed by atoms with van der Waals surface area (Å²) in [5, 5.41) is 13.0. The molecule has 4 nitrogen and oxygen atoms in total. The molecule has 1 N–H and O–H groups in total. The number of benzene rings is 1. The van der Waals surface area contributed by atoms with Gasteiger partial charge in [-0.05, 0) is 6.07 Å². The minimum atomic E-state index is -1.31. The molecule has 17 heavy (non-hydrogen) atoms. The molecule has 0 bridgehead atoms. The van der Waals surface area contributed by atoms with Crippen molar-refractivity contribution in [2.45, 2.75) is 6.92 Å². The maximum Gasteiger partial charge on any atom is 0.200 e. The van der Waals surface area contributed by atoms with Gasteiger partial charge in [-0.2, -0.15) is 9.49 Å². The maximum absolute atomic E-state index is 13.0. The van der Waals surface area contributed by atoms with Crippen molar-refractivity contribution in [1.82, 2.24) is 9.78 Å². The summed E-state index contributed by atoms with van der Waals surface area (Å²) in [6, 6.07) is 3.35. The summed E-state index contributed by atoms with van der Waals surface area (Å²) in [4.78, 5) is 11.0. The van der Waals surface area contributed by atoms with Crippen molar-refractivity contribution < 1.29 is 18.7 Å². The highest BCUT2D eigenvalue weighted by molar-refractivity contribution is 5.91. The first-order valence-electron chi connectivity index (χ1n) is 4.74. The molecule has 88 valence electrons. The number of phenols is 1. The second-order valence-electron chi connectivity index (χ2n) is 3.46. The fraction of sp³-hybridized carbons (Fsp3) is 0.0909. The summed E-state index contributed by atoms with van der Waals surface area (Å²) < 4.78 is 27.1. The lowest BCUT2D eigenvalue weighted by atomic mass is 10.3. The van der Waals surface area contributed by atoms with Gasteiger partial charge >= 0.3 is 0 Å². The summed E-state index contributed by atoms with van der Waals surface area (Å²) in [5.41, 5.74) is 0.336. The second-order valence-corrected chi connectivity index (χ2v) is 3.46. The lowest BCUT2D eigenvalue weighted by molar-refractivity contribution is 0.101. The van der Waals surface area contributed by atoms with E-state index < -0.39 is 17.4 Å². The zero-order valence-corrected chi connectivity index (χ0v) is 8.82. The van der Waals surface area contributed by atoms with Crippen molar-refractivity contribution in [3.05, 3.63) is 41.7 Å². The molecule has 0 radical (unpaired) electrons. The first-order valence-corrected chi connectivity index (χ1v) is 4.74. The highest BCUT2D eigenvalue weighted by Crippen LogP contribution is 2.22. The van der Waals surface area contributed by atoms with Gasteiger partial charge < -0.3 is 5.11 Å². The number of carbonyl (C=O) groups excluding carboxylic acids is 1. The van der Waals surface area contributed by atoms with E-state index in [-0.39, 0.29) is 17.2 Å². The third-order valence-corrected chi connectivity index (χ3v) is 2.21. The molecule has 0 spiro atoms. The third kappa shape index (κ3) is 2.01. The zero-order chi connectivity index (χ0) is 12.6. The van der Waals surface area contributed by atoms with Crippen molar-refractivity contribution in [2.24, 2.45) is 0 Å². The average Bonchev–Trinajstić information content (AvgIpc) is 2.74. The smallest absolute Gasteiger partial charge is 0.200 e. The number of ketones is 1. The Hall–Kier alpha value is -2.24. The molecule has 0 unspecified atom stereocenters. The van der Waals surface area contributed by atoms with Gasteiger partial charge in [0.1, 0.15) is 5.69 Å². The minimum Gasteiger partial charge on any atom is -0.505 e. The van der Waals surface area contributed by atoms with Crippen LogP contribution in [0.3, 0.4) is 0 Å². The van der Waals surface area contributed by atoms with Crippen LogP contribution in [-0.2, 0) is 0 Å². The Labute approximate surface area is 95.1 Å². The standard InChI is InChI=1S/C11H8F2N2O2/c1-6(16)9-2-3-15(14-9)7-4-8(12)11(13)10(17)5-7/h2-5,17H,1H3. The predicted molar refractivity (Wildman–Crippen MR) is 55.1 cm³/mol. The van der Waals surface area contributed by atoms with Crippen molar-refractivity contribution in [3.63, 3.8) is 0 Å². The Bertz CT molecular complexity index is 570. The molecule has 1 aromatic carbocycles. The number of aromatic nitrogens is 2. The molecule has 1 aromatic heterocycles. The van der Waals surface area contributed by atoms with Crippen molar-refractivity contribution in [3.8, 4) is 11.4 Å². The van der Waals surface area contributed by atoms with Crippen molar-refractivity contribution in [1.29, 1.82) is 0 Å². The highest BCUT2D eigenvalue weighted by atomic mass is 19.2. The largest absolute Gasteiger partial charge is 0.505 e. The van der Waals surface area contributed by atoms with E-state index in [1.807, 2.05) is 0 Å². The molecular formula is C11H8F2N2O2. The molecule has 6 heteroatoms. The van der Waals surface area contributed by atoms with Gasteiger partial charge in [-0.15, -0.1) is 0 Å². The number of phenolic OH excluding ortho intramolecular Hbond substituents is 1. The molecule has 1 heterocycles. The molecule has 0 fully saturated rings. The van der Waals surface area contributed by atoms with Gasteiger partial charge in [0.2, 0.25) is 0 Å². The number of rotatable bonds is 2. The Kier molecular flexibility index (Phi) is 2.63. The average molecular weight is 238 g/mol. The van der Waals surface area contributed by atoms with E-state index in [2.05, 4.69) is 5.10 Å². The van der Waals surface area contributed by atoms with Gasteiger partial charge in [0.15, 0.2) is 23.2 Å². The molecular weight excluding hydrogens is 230 g/mol.